The van der Waals surface area contributed by atoms with Crippen LogP contribution in [-0.2, 0) is 9.53 Å². The van der Waals surface area contributed by atoms with E-state index in [0.29, 0.717) is 17.3 Å². The Hall–Kier alpha value is -2.35. The average molecular weight is 781 g/mol. The molecule has 3 saturated carbocycles. The van der Waals surface area contributed by atoms with Gasteiger partial charge in [-0.3, -0.25) is 4.79 Å². The predicted molar refractivity (Wildman–Crippen MR) is 248 cm³/mol. The lowest BCUT2D eigenvalue weighted by atomic mass is 9.47. The fourth-order valence-corrected chi connectivity index (χ4v) is 11.9. The quantitative estimate of drug-likeness (QED) is 0.0496. The van der Waals surface area contributed by atoms with Crippen LogP contribution < -0.4 is 0 Å². The second kappa shape index (κ2) is 26.0. The largest absolute Gasteiger partial charge is 0.462 e. The summed E-state index contributed by atoms with van der Waals surface area (Å²) in [5, 5.41) is 0. The van der Waals surface area contributed by atoms with Gasteiger partial charge in [0, 0.05) is 12.8 Å². The minimum absolute atomic E-state index is 0.0449. The third-order valence-electron chi connectivity index (χ3n) is 15.2. The molecule has 0 saturated heterocycles. The second-order valence-electron chi connectivity index (χ2n) is 19.7. The van der Waals surface area contributed by atoms with E-state index in [0.717, 1.165) is 99.7 Å². The summed E-state index contributed by atoms with van der Waals surface area (Å²) in [6.07, 6.45) is 59.6. The van der Waals surface area contributed by atoms with E-state index in [1.54, 1.807) is 5.57 Å². The van der Waals surface area contributed by atoms with Crippen molar-refractivity contribution in [2.45, 2.75) is 208 Å². The molecule has 4 aliphatic rings. The van der Waals surface area contributed by atoms with Crippen molar-refractivity contribution in [2.75, 3.05) is 0 Å². The molecule has 2 nitrogen and oxygen atoms in total. The average Bonchev–Trinajstić information content (AvgIpc) is 3.55. The van der Waals surface area contributed by atoms with Crippen LogP contribution in [0, 0.1) is 46.3 Å². The molecule has 0 heterocycles. The summed E-state index contributed by atoms with van der Waals surface area (Å²) in [7, 11) is 0. The van der Waals surface area contributed by atoms with Crippen LogP contribution >= 0.6 is 0 Å². The Bertz CT molecular complexity index is 1350. The lowest BCUT2D eigenvalue weighted by Crippen LogP contribution is -2.51. The van der Waals surface area contributed by atoms with Crippen molar-refractivity contribution in [2.24, 2.45) is 46.3 Å². The van der Waals surface area contributed by atoms with Crippen molar-refractivity contribution < 1.29 is 9.53 Å². The van der Waals surface area contributed by atoms with Crippen LogP contribution in [0.25, 0.3) is 0 Å². The maximum Gasteiger partial charge on any atom is 0.306 e. The van der Waals surface area contributed by atoms with Gasteiger partial charge in [0.2, 0.25) is 0 Å². The van der Waals surface area contributed by atoms with Gasteiger partial charge in [-0.15, -0.1) is 0 Å². The van der Waals surface area contributed by atoms with Crippen LogP contribution in [-0.4, -0.2) is 12.1 Å². The van der Waals surface area contributed by atoms with Gasteiger partial charge in [-0.05, 0) is 149 Å². The molecule has 0 bridgehead atoms. The zero-order chi connectivity index (χ0) is 40.8. The molecule has 0 aromatic heterocycles. The lowest BCUT2D eigenvalue weighted by molar-refractivity contribution is -0.151. The van der Waals surface area contributed by atoms with E-state index >= 15 is 0 Å². The van der Waals surface area contributed by atoms with Gasteiger partial charge in [-0.1, -0.05) is 171 Å². The van der Waals surface area contributed by atoms with E-state index in [2.05, 4.69) is 121 Å². The van der Waals surface area contributed by atoms with Crippen LogP contribution in [0.5, 0.6) is 0 Å². The molecule has 3 fully saturated rings. The van der Waals surface area contributed by atoms with Crippen LogP contribution in [0.3, 0.4) is 0 Å². The number of ether oxygens (including phenoxy) is 1. The van der Waals surface area contributed by atoms with Gasteiger partial charge >= 0.3 is 5.97 Å². The summed E-state index contributed by atoms with van der Waals surface area (Å²) in [5.41, 5.74) is 2.50. The van der Waals surface area contributed by atoms with Crippen molar-refractivity contribution in [3.8, 4) is 0 Å². The van der Waals surface area contributed by atoms with E-state index in [9.17, 15) is 4.79 Å². The van der Waals surface area contributed by atoms with Gasteiger partial charge in [0.15, 0.2) is 0 Å². The van der Waals surface area contributed by atoms with E-state index in [4.69, 9.17) is 4.74 Å². The van der Waals surface area contributed by atoms with Crippen LogP contribution in [0.4, 0.5) is 0 Å². The summed E-state index contributed by atoms with van der Waals surface area (Å²) in [6, 6.07) is 0. The highest BCUT2D eigenvalue weighted by Crippen LogP contribution is 2.67. The highest BCUT2D eigenvalue weighted by atomic mass is 16.5. The Balaban J connectivity index is 1.01. The lowest BCUT2D eigenvalue weighted by Gasteiger charge is -2.58. The maximum absolute atomic E-state index is 12.9. The van der Waals surface area contributed by atoms with E-state index in [-0.39, 0.29) is 12.1 Å². The first-order chi connectivity index (χ1) is 27.7. The predicted octanol–water partition coefficient (Wildman–Crippen LogP) is 16.8. The van der Waals surface area contributed by atoms with Crippen molar-refractivity contribution in [1.82, 2.24) is 0 Å². The van der Waals surface area contributed by atoms with Gasteiger partial charge in [-0.2, -0.15) is 0 Å². The number of esters is 1. The number of carbonyl (C=O) groups excluding carboxylic acids is 1. The fourth-order valence-electron chi connectivity index (χ4n) is 11.9. The topological polar surface area (TPSA) is 26.3 Å². The molecule has 2 heteroatoms. The summed E-state index contributed by atoms with van der Waals surface area (Å²) in [5.74, 6) is 5.26. The van der Waals surface area contributed by atoms with Gasteiger partial charge in [0.1, 0.15) is 6.10 Å². The first-order valence-corrected chi connectivity index (χ1v) is 24.5. The van der Waals surface area contributed by atoms with Gasteiger partial charge in [0.05, 0.1) is 0 Å². The number of allylic oxidation sites excluding steroid dienone is 13. The summed E-state index contributed by atoms with van der Waals surface area (Å²) < 4.78 is 6.15. The molecule has 8 unspecified atom stereocenters. The SMILES string of the molecule is CC/C=C\C/C=C\C/C=C\C/C=C\C/C=C\C/C=C\CCCCCCCCC(=O)OC1CCC2(C)C(=CCC3C2CCC2(C)C(C(C)CCCC(C)C)CCC32)C1. The first-order valence-electron chi connectivity index (χ1n) is 24.5. The molecule has 0 aliphatic heterocycles. The molecule has 4 aliphatic carbocycles. The zero-order valence-electron chi connectivity index (χ0n) is 38.0. The van der Waals surface area contributed by atoms with Crippen molar-refractivity contribution in [3.63, 3.8) is 0 Å². The van der Waals surface area contributed by atoms with Crippen molar-refractivity contribution in [3.05, 3.63) is 84.6 Å². The maximum atomic E-state index is 12.9. The Kier molecular flexibility index (Phi) is 21.6. The molecule has 0 amide bonds. The first kappa shape index (κ1) is 47.3. The molecule has 57 heavy (non-hydrogen) atoms. The highest BCUT2D eigenvalue weighted by molar-refractivity contribution is 5.69. The minimum atomic E-state index is 0.0449. The van der Waals surface area contributed by atoms with Gasteiger partial charge in [-0.25, -0.2) is 0 Å². The van der Waals surface area contributed by atoms with E-state index < -0.39 is 0 Å². The molecule has 4 rings (SSSR count). The summed E-state index contributed by atoms with van der Waals surface area (Å²) in [6.45, 7) is 14.8. The van der Waals surface area contributed by atoms with Gasteiger partial charge in [0.25, 0.3) is 0 Å². The molecule has 8 atom stereocenters. The normalized spacial score (nSPS) is 29.7. The Morgan fingerprint density at radius 2 is 1.28 bits per heavy atom. The van der Waals surface area contributed by atoms with Crippen molar-refractivity contribution in [1.29, 1.82) is 0 Å². The Morgan fingerprint density at radius 1 is 0.684 bits per heavy atom. The second-order valence-corrected chi connectivity index (χ2v) is 19.7. The number of rotatable bonds is 26. The molecule has 0 radical (unpaired) electrons. The number of unbranched alkanes of at least 4 members (excludes halogenated alkanes) is 6. The van der Waals surface area contributed by atoms with Gasteiger partial charge < -0.3 is 4.74 Å². The van der Waals surface area contributed by atoms with Crippen LogP contribution in [0.1, 0.15) is 202 Å². The fraction of sp³-hybridized carbons (Fsp3) is 0.727. The van der Waals surface area contributed by atoms with E-state index in [1.165, 1.54) is 89.9 Å². The minimum Gasteiger partial charge on any atom is -0.462 e. The third-order valence-corrected chi connectivity index (χ3v) is 15.2. The molecule has 0 spiro atoms. The molecule has 0 aromatic carbocycles. The summed E-state index contributed by atoms with van der Waals surface area (Å²) >= 11 is 0. The highest BCUT2D eigenvalue weighted by Gasteiger charge is 2.59. The van der Waals surface area contributed by atoms with E-state index in [1.807, 2.05) is 0 Å². The summed E-state index contributed by atoms with van der Waals surface area (Å²) in [4.78, 5) is 12.9. The van der Waals surface area contributed by atoms with Crippen molar-refractivity contribution >= 4 is 5.97 Å². The number of fused-ring (bicyclic) bond motifs is 5. The zero-order valence-corrected chi connectivity index (χ0v) is 38.0. The smallest absolute Gasteiger partial charge is 0.306 e. The number of hydrogen-bond acceptors (Lipinski definition) is 2. The molecular formula is C55H88O2. The Labute approximate surface area is 353 Å². The standard InChI is InChI=1S/C55H88O2/c1-7-8-9-10-11-12-13-14-15-16-17-18-19-20-21-22-23-24-25-26-27-28-29-30-31-35-53(56)57-48-40-42-54(5)47(44-48)36-37-49-51-39-38-50(46(4)34-32-33-45(2)3)55(51,6)43-41-52(49)54/h8-9,11-12,14-15,17-18,20-21,23-24,36,45-46,48-52H,7,10,13,16,19,22,25-35,37-44H2,1-6H3/b9-8-,12-11-,15-14-,18-17-,21-20-,24-23-. The number of hydrogen-bond donors (Lipinski definition) is 0. The molecule has 320 valence electrons. The number of carbonyl (C=O) groups is 1. The third kappa shape index (κ3) is 15.3. The van der Waals surface area contributed by atoms with Crippen LogP contribution in [0.15, 0.2) is 84.6 Å². The Morgan fingerprint density at radius 3 is 1.91 bits per heavy atom. The molecular weight excluding hydrogens is 693 g/mol. The molecule has 0 N–H and O–H groups in total. The molecule has 0 aromatic rings. The monoisotopic (exact) mass is 781 g/mol. The van der Waals surface area contributed by atoms with Crippen LogP contribution in [0.2, 0.25) is 0 Å².